The number of benzene rings is 3. The molecule has 160 valence electrons. The Balaban J connectivity index is 1.51. The van der Waals surface area contributed by atoms with E-state index in [9.17, 15) is 19.2 Å². The molecule has 0 saturated carbocycles. The Labute approximate surface area is 184 Å². The summed E-state index contributed by atoms with van der Waals surface area (Å²) < 4.78 is 5.31. The van der Waals surface area contributed by atoms with Gasteiger partial charge in [0.25, 0.3) is 17.7 Å². The zero-order valence-electron chi connectivity index (χ0n) is 17.1. The fourth-order valence-electron chi connectivity index (χ4n) is 3.60. The fourth-order valence-corrected chi connectivity index (χ4v) is 3.60. The SMILES string of the molecule is NC(=O)C(OC(=O)c1ccc2c(c1)C(=O)N(CCc1ccccc1)C2=O)c1ccccc1. The molecule has 4 rings (SSSR count). The number of nitrogens with two attached hydrogens (primary N) is 1. The first-order valence-corrected chi connectivity index (χ1v) is 10.0. The van der Waals surface area contributed by atoms with E-state index in [2.05, 4.69) is 0 Å². The van der Waals surface area contributed by atoms with Crippen LogP contribution in [0.3, 0.4) is 0 Å². The highest BCUT2D eigenvalue weighted by Crippen LogP contribution is 2.26. The zero-order valence-corrected chi connectivity index (χ0v) is 17.1. The van der Waals surface area contributed by atoms with E-state index in [-0.39, 0.29) is 23.2 Å². The first kappa shape index (κ1) is 21.0. The van der Waals surface area contributed by atoms with Gasteiger partial charge in [0.2, 0.25) is 6.10 Å². The molecule has 2 N–H and O–H groups in total. The highest BCUT2D eigenvalue weighted by molar-refractivity contribution is 6.22. The second-order valence-electron chi connectivity index (χ2n) is 7.36. The third kappa shape index (κ3) is 4.13. The van der Waals surface area contributed by atoms with Crippen LogP contribution >= 0.6 is 0 Å². The maximum atomic E-state index is 12.8. The van der Waals surface area contributed by atoms with Crippen molar-refractivity contribution in [3.63, 3.8) is 0 Å². The quantitative estimate of drug-likeness (QED) is 0.460. The third-order valence-corrected chi connectivity index (χ3v) is 5.26. The van der Waals surface area contributed by atoms with E-state index in [1.165, 1.54) is 23.1 Å². The smallest absolute Gasteiger partial charge is 0.339 e. The number of carbonyl (C=O) groups excluding carboxylic acids is 4. The molecule has 0 radical (unpaired) electrons. The van der Waals surface area contributed by atoms with Crippen molar-refractivity contribution in [3.05, 3.63) is 107 Å². The molecule has 7 heteroatoms. The van der Waals surface area contributed by atoms with Crippen molar-refractivity contribution >= 4 is 23.7 Å². The summed E-state index contributed by atoms with van der Waals surface area (Å²) in [5.74, 6) is -2.50. The van der Waals surface area contributed by atoms with Crippen LogP contribution in [-0.4, -0.2) is 35.1 Å². The number of esters is 1. The second-order valence-corrected chi connectivity index (χ2v) is 7.36. The Kier molecular flexibility index (Phi) is 5.81. The van der Waals surface area contributed by atoms with E-state index >= 15 is 0 Å². The number of fused-ring (bicyclic) bond motifs is 1. The van der Waals surface area contributed by atoms with Crippen LogP contribution < -0.4 is 5.73 Å². The topological polar surface area (TPSA) is 107 Å². The van der Waals surface area contributed by atoms with Gasteiger partial charge in [0.15, 0.2) is 0 Å². The molecular formula is C25H20N2O5. The number of nitrogens with zero attached hydrogens (tertiary/aromatic N) is 1. The highest BCUT2D eigenvalue weighted by Gasteiger charge is 2.36. The van der Waals surface area contributed by atoms with Gasteiger partial charge in [0.1, 0.15) is 0 Å². The molecule has 7 nitrogen and oxygen atoms in total. The van der Waals surface area contributed by atoms with Crippen LogP contribution in [0.15, 0.2) is 78.9 Å². The average Bonchev–Trinajstić information content (AvgIpc) is 3.06. The Morgan fingerprint density at radius 3 is 2.12 bits per heavy atom. The van der Waals surface area contributed by atoms with Crippen LogP contribution in [-0.2, 0) is 16.0 Å². The molecule has 0 bridgehead atoms. The lowest BCUT2D eigenvalue weighted by atomic mass is 10.1. The van der Waals surface area contributed by atoms with Crippen LogP contribution in [0.2, 0.25) is 0 Å². The van der Waals surface area contributed by atoms with Crippen molar-refractivity contribution < 1.29 is 23.9 Å². The van der Waals surface area contributed by atoms with E-state index in [0.29, 0.717) is 12.0 Å². The lowest BCUT2D eigenvalue weighted by molar-refractivity contribution is -0.127. The van der Waals surface area contributed by atoms with E-state index < -0.39 is 29.8 Å². The van der Waals surface area contributed by atoms with Crippen molar-refractivity contribution in [1.82, 2.24) is 4.90 Å². The molecular weight excluding hydrogens is 408 g/mol. The molecule has 0 fully saturated rings. The second kappa shape index (κ2) is 8.85. The summed E-state index contributed by atoms with van der Waals surface area (Å²) in [6.45, 7) is 0.230. The Morgan fingerprint density at radius 2 is 1.47 bits per heavy atom. The minimum absolute atomic E-state index is 0.0528. The summed E-state index contributed by atoms with van der Waals surface area (Å²) in [4.78, 5) is 51.2. The fraction of sp³-hybridized carbons (Fsp3) is 0.120. The molecule has 3 aromatic carbocycles. The molecule has 0 spiro atoms. The summed E-state index contributed by atoms with van der Waals surface area (Å²) in [6.07, 6.45) is -0.741. The van der Waals surface area contributed by atoms with Gasteiger partial charge >= 0.3 is 5.97 Å². The molecule has 1 heterocycles. The van der Waals surface area contributed by atoms with Gasteiger partial charge in [0.05, 0.1) is 16.7 Å². The number of carbonyl (C=O) groups is 4. The predicted molar refractivity (Wildman–Crippen MR) is 116 cm³/mol. The van der Waals surface area contributed by atoms with Gasteiger partial charge in [-0.2, -0.15) is 0 Å². The molecule has 32 heavy (non-hydrogen) atoms. The summed E-state index contributed by atoms with van der Waals surface area (Å²) in [6, 6.07) is 22.1. The number of rotatable bonds is 7. The van der Waals surface area contributed by atoms with Crippen molar-refractivity contribution in [2.24, 2.45) is 5.73 Å². The first-order chi connectivity index (χ1) is 15.5. The maximum absolute atomic E-state index is 12.8. The standard InChI is InChI=1S/C25H20N2O5/c26-22(28)21(17-9-5-2-6-10-17)32-25(31)18-11-12-19-20(15-18)24(30)27(23(19)29)14-13-16-7-3-1-4-8-16/h1-12,15,21H,13-14H2,(H2,26,28). The summed E-state index contributed by atoms with van der Waals surface area (Å²) >= 11 is 0. The van der Waals surface area contributed by atoms with Crippen LogP contribution in [0.1, 0.15) is 48.3 Å². The van der Waals surface area contributed by atoms with Gasteiger partial charge < -0.3 is 10.5 Å². The van der Waals surface area contributed by atoms with E-state index in [1.807, 2.05) is 30.3 Å². The molecule has 0 saturated heterocycles. The lowest BCUT2D eigenvalue weighted by Gasteiger charge is -2.15. The largest absolute Gasteiger partial charge is 0.444 e. The van der Waals surface area contributed by atoms with Gasteiger partial charge in [-0.3, -0.25) is 19.3 Å². The average molecular weight is 428 g/mol. The van der Waals surface area contributed by atoms with E-state index in [0.717, 1.165) is 5.56 Å². The molecule has 3 aromatic rings. The maximum Gasteiger partial charge on any atom is 0.339 e. The minimum atomic E-state index is -1.27. The van der Waals surface area contributed by atoms with Gasteiger partial charge in [-0.15, -0.1) is 0 Å². The predicted octanol–water partition coefficient (Wildman–Crippen LogP) is 2.91. The number of amides is 3. The normalized spacial score (nSPS) is 13.6. The van der Waals surface area contributed by atoms with Crippen molar-refractivity contribution in [2.45, 2.75) is 12.5 Å². The van der Waals surface area contributed by atoms with Crippen LogP contribution in [0, 0.1) is 0 Å². The zero-order chi connectivity index (χ0) is 22.7. The number of imide groups is 1. The number of primary amides is 1. The first-order valence-electron chi connectivity index (χ1n) is 10.0. The van der Waals surface area contributed by atoms with Crippen LogP contribution in [0.25, 0.3) is 0 Å². The van der Waals surface area contributed by atoms with Crippen molar-refractivity contribution in [3.8, 4) is 0 Å². The Hall–Kier alpha value is -4.26. The van der Waals surface area contributed by atoms with Gasteiger partial charge in [-0.1, -0.05) is 60.7 Å². The molecule has 0 aromatic heterocycles. The molecule has 3 amide bonds. The third-order valence-electron chi connectivity index (χ3n) is 5.26. The van der Waals surface area contributed by atoms with Crippen molar-refractivity contribution in [2.75, 3.05) is 6.54 Å². The molecule has 1 atom stereocenters. The Bertz CT molecular complexity index is 1190. The molecule has 1 aliphatic rings. The van der Waals surface area contributed by atoms with Gasteiger partial charge in [0, 0.05) is 12.1 Å². The van der Waals surface area contributed by atoms with Crippen molar-refractivity contribution in [1.29, 1.82) is 0 Å². The van der Waals surface area contributed by atoms with Crippen LogP contribution in [0.5, 0.6) is 0 Å². The summed E-state index contributed by atoms with van der Waals surface area (Å²) in [5, 5.41) is 0. The molecule has 0 aliphatic carbocycles. The summed E-state index contributed by atoms with van der Waals surface area (Å²) in [5.41, 5.74) is 7.26. The Morgan fingerprint density at radius 1 is 0.844 bits per heavy atom. The molecule has 1 unspecified atom stereocenters. The lowest BCUT2D eigenvalue weighted by Crippen LogP contribution is -2.31. The van der Waals surface area contributed by atoms with E-state index in [4.69, 9.17) is 10.5 Å². The highest BCUT2D eigenvalue weighted by atomic mass is 16.5. The molecule has 1 aliphatic heterocycles. The number of hydrogen-bond acceptors (Lipinski definition) is 5. The van der Waals surface area contributed by atoms with E-state index in [1.54, 1.807) is 30.3 Å². The van der Waals surface area contributed by atoms with Crippen LogP contribution in [0.4, 0.5) is 0 Å². The monoisotopic (exact) mass is 428 g/mol. The van der Waals surface area contributed by atoms with Gasteiger partial charge in [-0.25, -0.2) is 4.79 Å². The van der Waals surface area contributed by atoms with Gasteiger partial charge in [-0.05, 0) is 30.2 Å². The minimum Gasteiger partial charge on any atom is -0.444 e. The number of hydrogen-bond donors (Lipinski definition) is 1. The number of ether oxygens (including phenoxy) is 1. The summed E-state index contributed by atoms with van der Waals surface area (Å²) in [7, 11) is 0.